The Morgan fingerprint density at radius 2 is 1.65 bits per heavy atom. The SMILES string of the molecule is Cc1c(-c2ccccc2)nc2ccccc2c1C(=O)OCC(=O)N1[C@H](C)CCC[C@H]1C. The zero-order valence-corrected chi connectivity index (χ0v) is 18.3. The van der Waals surface area contributed by atoms with Crippen molar-refractivity contribution in [3.63, 3.8) is 0 Å². The van der Waals surface area contributed by atoms with E-state index in [9.17, 15) is 9.59 Å². The van der Waals surface area contributed by atoms with Gasteiger partial charge in [-0.15, -0.1) is 0 Å². The number of esters is 1. The average Bonchev–Trinajstić information content (AvgIpc) is 2.77. The molecule has 1 aromatic heterocycles. The summed E-state index contributed by atoms with van der Waals surface area (Å²) < 4.78 is 5.56. The number of carbonyl (C=O) groups is 2. The van der Waals surface area contributed by atoms with Crippen molar-refractivity contribution in [2.24, 2.45) is 0 Å². The largest absolute Gasteiger partial charge is 0.452 e. The van der Waals surface area contributed by atoms with E-state index in [0.717, 1.165) is 47.0 Å². The molecule has 0 spiro atoms. The van der Waals surface area contributed by atoms with E-state index in [1.165, 1.54) is 0 Å². The fourth-order valence-corrected chi connectivity index (χ4v) is 4.63. The van der Waals surface area contributed by atoms with Crippen molar-refractivity contribution in [1.29, 1.82) is 0 Å². The van der Waals surface area contributed by atoms with Gasteiger partial charge in [-0.2, -0.15) is 0 Å². The minimum absolute atomic E-state index is 0.132. The van der Waals surface area contributed by atoms with Crippen LogP contribution in [0.4, 0.5) is 0 Å². The van der Waals surface area contributed by atoms with Crippen LogP contribution in [0.2, 0.25) is 0 Å². The Balaban J connectivity index is 1.64. The first-order valence-electron chi connectivity index (χ1n) is 10.9. The Morgan fingerprint density at radius 1 is 1.00 bits per heavy atom. The van der Waals surface area contributed by atoms with Gasteiger partial charge in [0.1, 0.15) is 0 Å². The molecule has 1 fully saturated rings. The summed E-state index contributed by atoms with van der Waals surface area (Å²) in [6.07, 6.45) is 3.09. The predicted octanol–water partition coefficient (Wildman–Crippen LogP) is 5.16. The molecule has 5 heteroatoms. The second kappa shape index (κ2) is 8.88. The molecule has 160 valence electrons. The summed E-state index contributed by atoms with van der Waals surface area (Å²) in [6.45, 7) is 5.75. The Morgan fingerprint density at radius 3 is 2.35 bits per heavy atom. The summed E-state index contributed by atoms with van der Waals surface area (Å²) in [5.41, 5.74) is 3.63. The first-order valence-corrected chi connectivity index (χ1v) is 10.9. The van der Waals surface area contributed by atoms with E-state index in [1.807, 2.05) is 66.4 Å². The smallest absolute Gasteiger partial charge is 0.339 e. The molecule has 2 atom stereocenters. The predicted molar refractivity (Wildman–Crippen MR) is 122 cm³/mol. The van der Waals surface area contributed by atoms with Gasteiger partial charge >= 0.3 is 5.97 Å². The van der Waals surface area contributed by atoms with Gasteiger partial charge in [-0.3, -0.25) is 4.79 Å². The first-order chi connectivity index (χ1) is 15.0. The number of fused-ring (bicyclic) bond motifs is 1. The number of aromatic nitrogens is 1. The lowest BCUT2D eigenvalue weighted by molar-refractivity contribution is -0.140. The monoisotopic (exact) mass is 416 g/mol. The maximum atomic E-state index is 13.2. The van der Waals surface area contributed by atoms with Crippen LogP contribution in [-0.2, 0) is 9.53 Å². The lowest BCUT2D eigenvalue weighted by atomic mass is 9.97. The van der Waals surface area contributed by atoms with Crippen LogP contribution in [0.1, 0.15) is 49.0 Å². The van der Waals surface area contributed by atoms with Crippen LogP contribution in [-0.4, -0.2) is 40.5 Å². The lowest BCUT2D eigenvalue weighted by Gasteiger charge is -2.38. The van der Waals surface area contributed by atoms with Crippen molar-refractivity contribution >= 4 is 22.8 Å². The molecule has 0 N–H and O–H groups in total. The van der Waals surface area contributed by atoms with Gasteiger partial charge in [-0.05, 0) is 51.7 Å². The summed E-state index contributed by atoms with van der Waals surface area (Å²) in [5, 5.41) is 0.733. The molecular weight excluding hydrogens is 388 g/mol. The number of carbonyl (C=O) groups excluding carboxylic acids is 2. The van der Waals surface area contributed by atoms with Gasteiger partial charge in [0.05, 0.1) is 16.8 Å². The average molecular weight is 417 g/mol. The highest BCUT2D eigenvalue weighted by molar-refractivity contribution is 6.06. The van der Waals surface area contributed by atoms with Gasteiger partial charge < -0.3 is 9.64 Å². The van der Waals surface area contributed by atoms with E-state index in [-0.39, 0.29) is 24.6 Å². The third kappa shape index (κ3) is 4.18. The molecule has 4 rings (SSSR count). The fraction of sp³-hybridized carbons (Fsp3) is 0.346. The van der Waals surface area contributed by atoms with Gasteiger partial charge in [0.2, 0.25) is 0 Å². The Bertz CT molecular complexity index is 1100. The van der Waals surface area contributed by atoms with Crippen molar-refractivity contribution in [2.75, 3.05) is 6.61 Å². The second-order valence-corrected chi connectivity index (χ2v) is 8.35. The highest BCUT2D eigenvalue weighted by atomic mass is 16.5. The van der Waals surface area contributed by atoms with Crippen LogP contribution < -0.4 is 0 Å². The van der Waals surface area contributed by atoms with Gasteiger partial charge in [0.25, 0.3) is 5.91 Å². The summed E-state index contributed by atoms with van der Waals surface area (Å²) in [6, 6.07) is 17.7. The Hall–Kier alpha value is -3.21. The van der Waals surface area contributed by atoms with E-state index in [0.29, 0.717) is 5.56 Å². The van der Waals surface area contributed by atoms with Crippen molar-refractivity contribution < 1.29 is 14.3 Å². The van der Waals surface area contributed by atoms with Crippen molar-refractivity contribution in [2.45, 2.75) is 52.1 Å². The molecule has 0 radical (unpaired) electrons. The molecule has 5 nitrogen and oxygen atoms in total. The normalized spacial score (nSPS) is 18.7. The van der Waals surface area contributed by atoms with Gasteiger partial charge in [-0.1, -0.05) is 48.5 Å². The van der Waals surface area contributed by atoms with Crippen LogP contribution in [0.5, 0.6) is 0 Å². The van der Waals surface area contributed by atoms with Crippen LogP contribution in [0.25, 0.3) is 22.2 Å². The van der Waals surface area contributed by atoms with Gasteiger partial charge in [-0.25, -0.2) is 9.78 Å². The van der Waals surface area contributed by atoms with Crippen LogP contribution in [0.15, 0.2) is 54.6 Å². The maximum Gasteiger partial charge on any atom is 0.339 e. The number of nitrogens with zero attached hydrogens (tertiary/aromatic N) is 2. The molecule has 2 heterocycles. The zero-order chi connectivity index (χ0) is 22.0. The topological polar surface area (TPSA) is 59.5 Å². The minimum Gasteiger partial charge on any atom is -0.452 e. The number of benzene rings is 2. The fourth-order valence-electron chi connectivity index (χ4n) is 4.63. The van der Waals surface area contributed by atoms with E-state index >= 15 is 0 Å². The minimum atomic E-state index is -0.487. The number of likely N-dealkylation sites (tertiary alicyclic amines) is 1. The molecule has 31 heavy (non-hydrogen) atoms. The quantitative estimate of drug-likeness (QED) is 0.552. The molecule has 1 aliphatic rings. The van der Waals surface area contributed by atoms with Crippen LogP contribution in [0, 0.1) is 6.92 Å². The summed E-state index contributed by atoms with van der Waals surface area (Å²) in [7, 11) is 0. The summed E-state index contributed by atoms with van der Waals surface area (Å²) >= 11 is 0. The molecule has 0 unspecified atom stereocenters. The van der Waals surface area contributed by atoms with Crippen molar-refractivity contribution in [1.82, 2.24) is 9.88 Å². The highest BCUT2D eigenvalue weighted by Gasteiger charge is 2.30. The number of rotatable bonds is 4. The maximum absolute atomic E-state index is 13.2. The lowest BCUT2D eigenvalue weighted by Crippen LogP contribution is -2.49. The van der Waals surface area contributed by atoms with Gasteiger partial charge in [0.15, 0.2) is 6.61 Å². The number of ether oxygens (including phenoxy) is 1. The molecule has 3 aromatic rings. The first kappa shape index (κ1) is 21.0. The van der Waals surface area contributed by atoms with E-state index in [4.69, 9.17) is 9.72 Å². The molecule has 1 saturated heterocycles. The Labute approximate surface area is 183 Å². The van der Waals surface area contributed by atoms with Gasteiger partial charge in [0, 0.05) is 23.0 Å². The van der Waals surface area contributed by atoms with E-state index in [2.05, 4.69) is 13.8 Å². The zero-order valence-electron chi connectivity index (χ0n) is 18.3. The van der Waals surface area contributed by atoms with Crippen LogP contribution >= 0.6 is 0 Å². The number of hydrogen-bond donors (Lipinski definition) is 0. The molecule has 2 aromatic carbocycles. The Kier molecular flexibility index (Phi) is 6.03. The second-order valence-electron chi connectivity index (χ2n) is 8.35. The third-order valence-electron chi connectivity index (χ3n) is 6.20. The van der Waals surface area contributed by atoms with Crippen molar-refractivity contribution in [3.05, 3.63) is 65.7 Å². The summed E-state index contributed by atoms with van der Waals surface area (Å²) in [4.78, 5) is 32.7. The molecular formula is C26H28N2O3. The number of piperidine rings is 1. The number of hydrogen-bond acceptors (Lipinski definition) is 4. The number of pyridine rings is 1. The van der Waals surface area contributed by atoms with E-state index in [1.54, 1.807) is 0 Å². The molecule has 0 aliphatic carbocycles. The third-order valence-corrected chi connectivity index (χ3v) is 6.20. The molecule has 1 aliphatic heterocycles. The molecule has 0 saturated carbocycles. The van der Waals surface area contributed by atoms with Crippen LogP contribution in [0.3, 0.4) is 0 Å². The van der Waals surface area contributed by atoms with Crippen molar-refractivity contribution in [3.8, 4) is 11.3 Å². The standard InChI is InChI=1S/C26H28N2O3/c1-17-10-9-11-18(2)28(17)23(29)16-31-26(30)24-19(3)25(20-12-5-4-6-13-20)27-22-15-8-7-14-21(22)24/h4-8,12-15,17-18H,9-11,16H2,1-3H3/t17-,18-/m1/s1. The van der Waals surface area contributed by atoms with E-state index < -0.39 is 5.97 Å². The summed E-state index contributed by atoms with van der Waals surface area (Å²) in [5.74, 6) is -0.619. The molecule has 0 bridgehead atoms. The number of amides is 1. The molecule has 1 amide bonds. The number of para-hydroxylation sites is 1. The highest BCUT2D eigenvalue weighted by Crippen LogP contribution is 2.30.